The van der Waals surface area contributed by atoms with Crippen LogP contribution in [-0.2, 0) is 16.1 Å². The summed E-state index contributed by atoms with van der Waals surface area (Å²) in [5, 5.41) is 5.58. The number of morpholine rings is 1. The van der Waals surface area contributed by atoms with Crippen molar-refractivity contribution in [1.29, 1.82) is 0 Å². The monoisotopic (exact) mass is 328 g/mol. The molecule has 3 heterocycles. The molecule has 24 heavy (non-hydrogen) atoms. The summed E-state index contributed by atoms with van der Waals surface area (Å²) in [4.78, 5) is 17.3. The molecule has 0 bridgehead atoms. The summed E-state index contributed by atoms with van der Waals surface area (Å²) in [5.74, 6) is 0.138. The molecule has 2 fully saturated rings. The van der Waals surface area contributed by atoms with E-state index < -0.39 is 0 Å². The summed E-state index contributed by atoms with van der Waals surface area (Å²) < 4.78 is 7.67. The van der Waals surface area contributed by atoms with Gasteiger partial charge in [-0.2, -0.15) is 5.10 Å². The molecule has 2 aliphatic rings. The predicted molar refractivity (Wildman–Crippen MR) is 91.7 cm³/mol. The van der Waals surface area contributed by atoms with Crippen molar-refractivity contribution >= 4 is 16.8 Å². The third kappa shape index (κ3) is 2.91. The predicted octanol–water partition coefficient (Wildman–Crippen LogP) is 1.36. The van der Waals surface area contributed by atoms with Gasteiger partial charge in [0.2, 0.25) is 5.91 Å². The van der Waals surface area contributed by atoms with Crippen LogP contribution >= 0.6 is 0 Å². The van der Waals surface area contributed by atoms with E-state index in [9.17, 15) is 4.79 Å². The summed E-state index contributed by atoms with van der Waals surface area (Å²) >= 11 is 0. The molecule has 4 rings (SSSR count). The largest absolute Gasteiger partial charge is 0.374 e. The first-order valence-electron chi connectivity index (χ1n) is 8.80. The topological polar surface area (TPSA) is 50.6 Å². The number of amides is 1. The van der Waals surface area contributed by atoms with E-state index in [0.29, 0.717) is 19.7 Å². The molecule has 1 aromatic carbocycles. The first-order valence-corrected chi connectivity index (χ1v) is 8.80. The van der Waals surface area contributed by atoms with Gasteiger partial charge in [0, 0.05) is 31.2 Å². The highest BCUT2D eigenvalue weighted by Gasteiger charge is 2.38. The zero-order chi connectivity index (χ0) is 16.5. The highest BCUT2D eigenvalue weighted by Crippen LogP contribution is 2.23. The standard InChI is InChI=1S/C18H24N4O2/c1-2-20-8-7-17-16(12-20)22(9-10-24-17)18(23)13-21-11-14-5-3-4-6-15(14)19-21/h3-6,11,16-17H,2,7-10,12-13H2,1H3/t16-,17+/m0/s1. The van der Waals surface area contributed by atoms with Gasteiger partial charge in [0.15, 0.2) is 0 Å². The summed E-state index contributed by atoms with van der Waals surface area (Å²) in [6.45, 7) is 6.78. The van der Waals surface area contributed by atoms with Gasteiger partial charge < -0.3 is 14.5 Å². The first-order chi connectivity index (χ1) is 11.7. The summed E-state index contributed by atoms with van der Waals surface area (Å²) in [6.07, 6.45) is 3.14. The third-order valence-electron chi connectivity index (χ3n) is 5.19. The van der Waals surface area contributed by atoms with Crippen molar-refractivity contribution in [2.24, 2.45) is 0 Å². The Hall–Kier alpha value is -1.92. The summed E-state index contributed by atoms with van der Waals surface area (Å²) in [6, 6.07) is 8.12. The van der Waals surface area contributed by atoms with Crippen LogP contribution in [0.25, 0.3) is 10.9 Å². The van der Waals surface area contributed by atoms with Gasteiger partial charge in [-0.3, -0.25) is 9.48 Å². The van der Waals surface area contributed by atoms with E-state index in [1.165, 1.54) is 0 Å². The van der Waals surface area contributed by atoms with Crippen molar-refractivity contribution in [3.05, 3.63) is 30.5 Å². The quantitative estimate of drug-likeness (QED) is 0.854. The maximum atomic E-state index is 12.9. The van der Waals surface area contributed by atoms with Crippen molar-refractivity contribution in [3.63, 3.8) is 0 Å². The molecule has 2 atom stereocenters. The maximum Gasteiger partial charge on any atom is 0.244 e. The number of carbonyl (C=O) groups is 1. The van der Waals surface area contributed by atoms with E-state index in [1.807, 2.05) is 35.4 Å². The number of likely N-dealkylation sites (N-methyl/N-ethyl adjacent to an activating group) is 1. The van der Waals surface area contributed by atoms with Crippen LogP contribution in [0.4, 0.5) is 0 Å². The second kappa shape index (κ2) is 6.53. The smallest absolute Gasteiger partial charge is 0.244 e. The zero-order valence-electron chi connectivity index (χ0n) is 14.1. The molecule has 0 N–H and O–H groups in total. The van der Waals surface area contributed by atoms with Crippen molar-refractivity contribution in [2.75, 3.05) is 32.8 Å². The SMILES string of the molecule is CCN1CC[C@H]2OCCN(C(=O)Cn3cc4ccccc4n3)[C@H]2C1. The fourth-order valence-electron chi connectivity index (χ4n) is 3.86. The Labute approximate surface area is 142 Å². The molecule has 0 radical (unpaired) electrons. The highest BCUT2D eigenvalue weighted by atomic mass is 16.5. The van der Waals surface area contributed by atoms with Crippen LogP contribution in [0.5, 0.6) is 0 Å². The van der Waals surface area contributed by atoms with Gasteiger partial charge in [0.05, 0.1) is 24.3 Å². The molecule has 2 aliphatic heterocycles. The Morgan fingerprint density at radius 3 is 3.04 bits per heavy atom. The molecule has 2 saturated heterocycles. The highest BCUT2D eigenvalue weighted by molar-refractivity contribution is 5.80. The van der Waals surface area contributed by atoms with Gasteiger partial charge >= 0.3 is 0 Å². The number of likely N-dealkylation sites (tertiary alicyclic amines) is 1. The lowest BCUT2D eigenvalue weighted by molar-refractivity contribution is -0.153. The lowest BCUT2D eigenvalue weighted by Crippen LogP contribution is -2.61. The van der Waals surface area contributed by atoms with Crippen LogP contribution in [0.2, 0.25) is 0 Å². The minimum atomic E-state index is 0.138. The number of ether oxygens (including phenoxy) is 1. The number of benzene rings is 1. The van der Waals surface area contributed by atoms with Gasteiger partial charge in [0.25, 0.3) is 0 Å². The van der Waals surface area contributed by atoms with Crippen LogP contribution in [0, 0.1) is 0 Å². The Kier molecular flexibility index (Phi) is 4.24. The molecule has 128 valence electrons. The molecular formula is C18H24N4O2. The molecule has 1 amide bonds. The van der Waals surface area contributed by atoms with Gasteiger partial charge in [0.1, 0.15) is 6.54 Å². The van der Waals surface area contributed by atoms with E-state index >= 15 is 0 Å². The number of carbonyl (C=O) groups excluding carboxylic acids is 1. The van der Waals surface area contributed by atoms with Crippen LogP contribution in [0.3, 0.4) is 0 Å². The lowest BCUT2D eigenvalue weighted by atomic mass is 9.98. The van der Waals surface area contributed by atoms with Gasteiger partial charge in [-0.1, -0.05) is 25.1 Å². The van der Waals surface area contributed by atoms with Crippen molar-refractivity contribution < 1.29 is 9.53 Å². The summed E-state index contributed by atoms with van der Waals surface area (Å²) in [7, 11) is 0. The molecule has 0 unspecified atom stereocenters. The Morgan fingerprint density at radius 2 is 2.21 bits per heavy atom. The molecule has 2 aromatic rings. The fraction of sp³-hybridized carbons (Fsp3) is 0.556. The van der Waals surface area contributed by atoms with Crippen molar-refractivity contribution in [2.45, 2.75) is 32.0 Å². The van der Waals surface area contributed by atoms with Crippen LogP contribution in [0.15, 0.2) is 30.5 Å². The van der Waals surface area contributed by atoms with Crippen LogP contribution in [0.1, 0.15) is 13.3 Å². The van der Waals surface area contributed by atoms with E-state index in [-0.39, 0.29) is 18.1 Å². The van der Waals surface area contributed by atoms with E-state index in [0.717, 1.165) is 37.0 Å². The Bertz CT molecular complexity index is 696. The molecule has 6 nitrogen and oxygen atoms in total. The normalized spacial score (nSPS) is 25.0. The number of aromatic nitrogens is 2. The molecule has 6 heteroatoms. The van der Waals surface area contributed by atoms with Crippen LogP contribution < -0.4 is 0 Å². The minimum absolute atomic E-state index is 0.138. The number of hydrogen-bond acceptors (Lipinski definition) is 4. The number of fused-ring (bicyclic) bond motifs is 2. The zero-order valence-corrected chi connectivity index (χ0v) is 14.1. The molecule has 0 saturated carbocycles. The third-order valence-corrected chi connectivity index (χ3v) is 5.19. The molecular weight excluding hydrogens is 304 g/mol. The molecule has 1 aromatic heterocycles. The molecule has 0 spiro atoms. The second-order valence-corrected chi connectivity index (χ2v) is 6.63. The Morgan fingerprint density at radius 1 is 1.33 bits per heavy atom. The van der Waals surface area contributed by atoms with Gasteiger partial charge in [-0.05, 0) is 19.0 Å². The van der Waals surface area contributed by atoms with Gasteiger partial charge in [-0.15, -0.1) is 0 Å². The van der Waals surface area contributed by atoms with Crippen molar-refractivity contribution in [1.82, 2.24) is 19.6 Å². The van der Waals surface area contributed by atoms with Crippen LogP contribution in [-0.4, -0.2) is 70.4 Å². The van der Waals surface area contributed by atoms with Crippen molar-refractivity contribution in [3.8, 4) is 0 Å². The fourth-order valence-corrected chi connectivity index (χ4v) is 3.86. The molecule has 0 aliphatic carbocycles. The van der Waals surface area contributed by atoms with E-state index in [4.69, 9.17) is 4.74 Å². The Balaban J connectivity index is 1.49. The minimum Gasteiger partial charge on any atom is -0.374 e. The number of hydrogen-bond donors (Lipinski definition) is 0. The maximum absolute atomic E-state index is 12.9. The lowest BCUT2D eigenvalue weighted by Gasteiger charge is -2.46. The number of nitrogens with zero attached hydrogens (tertiary/aromatic N) is 4. The number of piperidine rings is 1. The van der Waals surface area contributed by atoms with E-state index in [1.54, 1.807) is 4.68 Å². The second-order valence-electron chi connectivity index (χ2n) is 6.63. The van der Waals surface area contributed by atoms with E-state index in [2.05, 4.69) is 16.9 Å². The average molecular weight is 328 g/mol. The number of rotatable bonds is 3. The first kappa shape index (κ1) is 15.6. The summed E-state index contributed by atoms with van der Waals surface area (Å²) in [5.41, 5.74) is 0.931. The average Bonchev–Trinajstić information content (AvgIpc) is 3.02. The van der Waals surface area contributed by atoms with Gasteiger partial charge in [-0.25, -0.2) is 0 Å².